The molecule has 0 aliphatic rings. The van der Waals surface area contributed by atoms with Crippen molar-refractivity contribution in [3.05, 3.63) is 35.9 Å². The van der Waals surface area contributed by atoms with Gasteiger partial charge in [0.2, 0.25) is 5.91 Å². The first-order valence-electron chi connectivity index (χ1n) is 12.6. The Bertz CT molecular complexity index is 1130. The summed E-state index contributed by atoms with van der Waals surface area (Å²) < 4.78 is 8.42. The van der Waals surface area contributed by atoms with Crippen LogP contribution in [0.5, 0.6) is 0 Å². The van der Waals surface area contributed by atoms with Gasteiger partial charge in [0.1, 0.15) is 17.0 Å². The molecule has 2 rings (SSSR count). The molecule has 12 nitrogen and oxygen atoms in total. The monoisotopic (exact) mass is 531 g/mol. The molecule has 210 valence electrons. The van der Waals surface area contributed by atoms with Crippen LogP contribution in [0.4, 0.5) is 16.2 Å². The van der Waals surface area contributed by atoms with Gasteiger partial charge in [0.15, 0.2) is 0 Å². The number of alkyl carbamates (subject to hydrolysis) is 1. The number of ether oxygens (including phenoxy) is 1. The highest BCUT2D eigenvalue weighted by atomic mass is 16.6. The molecular weight excluding hydrogens is 490 g/mol. The molecule has 38 heavy (non-hydrogen) atoms. The van der Waals surface area contributed by atoms with Crippen molar-refractivity contribution >= 4 is 35.2 Å². The molecule has 2 aromatic heterocycles. The van der Waals surface area contributed by atoms with E-state index in [0.717, 1.165) is 13.0 Å². The summed E-state index contributed by atoms with van der Waals surface area (Å²) in [6.45, 7) is 7.07. The minimum absolute atomic E-state index is 0.191. The number of carbonyl (C=O) groups excluding carboxylic acids is 4. The minimum Gasteiger partial charge on any atom is -0.444 e. The fourth-order valence-electron chi connectivity index (χ4n) is 3.58. The first-order chi connectivity index (χ1) is 17.7. The largest absolute Gasteiger partial charge is 0.444 e. The number of anilines is 2. The summed E-state index contributed by atoms with van der Waals surface area (Å²) >= 11 is 0. The van der Waals surface area contributed by atoms with Gasteiger partial charge in [-0.2, -0.15) is 0 Å². The van der Waals surface area contributed by atoms with Gasteiger partial charge in [0.05, 0.1) is 11.4 Å². The number of hydrogen-bond acceptors (Lipinski definition) is 6. The van der Waals surface area contributed by atoms with Crippen molar-refractivity contribution in [1.82, 2.24) is 24.7 Å². The van der Waals surface area contributed by atoms with E-state index in [-0.39, 0.29) is 24.1 Å². The van der Waals surface area contributed by atoms with Crippen molar-refractivity contribution in [2.24, 2.45) is 14.1 Å². The molecule has 2 aromatic rings. The Morgan fingerprint density at radius 1 is 0.842 bits per heavy atom. The fraction of sp³-hybridized carbons (Fsp3) is 0.538. The van der Waals surface area contributed by atoms with Crippen molar-refractivity contribution in [2.75, 3.05) is 44.4 Å². The van der Waals surface area contributed by atoms with Gasteiger partial charge in [0, 0.05) is 46.0 Å². The van der Waals surface area contributed by atoms with Crippen LogP contribution in [0.25, 0.3) is 0 Å². The molecule has 4 N–H and O–H groups in total. The molecule has 0 bridgehead atoms. The Morgan fingerprint density at radius 2 is 1.39 bits per heavy atom. The SMILES string of the molecule is CN(C)CCCNC(=O)c1cc(NC(=O)c2cc(NC(=O)CCCNC(=O)OC(C)(C)C)cn2C)cn1C. The van der Waals surface area contributed by atoms with Crippen molar-refractivity contribution in [2.45, 2.75) is 45.6 Å². The normalized spacial score (nSPS) is 11.3. The lowest BCUT2D eigenvalue weighted by Gasteiger charge is -2.19. The molecule has 0 saturated carbocycles. The van der Waals surface area contributed by atoms with Gasteiger partial charge < -0.3 is 40.0 Å². The molecular formula is C26H41N7O5. The average Bonchev–Trinajstić information content (AvgIpc) is 3.34. The van der Waals surface area contributed by atoms with Gasteiger partial charge >= 0.3 is 6.09 Å². The van der Waals surface area contributed by atoms with Gasteiger partial charge in [-0.05, 0) is 66.4 Å². The molecule has 0 aliphatic heterocycles. The maximum Gasteiger partial charge on any atom is 0.407 e. The van der Waals surface area contributed by atoms with Crippen molar-refractivity contribution in [3.63, 3.8) is 0 Å². The Hall–Kier alpha value is -3.80. The summed E-state index contributed by atoms with van der Waals surface area (Å²) in [5, 5.41) is 11.1. The molecule has 0 aromatic carbocycles. The minimum atomic E-state index is -0.582. The number of aromatic nitrogens is 2. The summed E-state index contributed by atoms with van der Waals surface area (Å²) in [6, 6.07) is 3.20. The van der Waals surface area contributed by atoms with Gasteiger partial charge in [-0.3, -0.25) is 14.4 Å². The lowest BCUT2D eigenvalue weighted by atomic mass is 10.2. The Kier molecular flexibility index (Phi) is 10.9. The predicted octanol–water partition coefficient (Wildman–Crippen LogP) is 2.54. The van der Waals surface area contributed by atoms with E-state index < -0.39 is 11.7 Å². The van der Waals surface area contributed by atoms with Crippen LogP contribution in [0.2, 0.25) is 0 Å². The molecule has 0 fully saturated rings. The summed E-state index contributed by atoms with van der Waals surface area (Å²) in [5.41, 5.74) is 1.16. The van der Waals surface area contributed by atoms with Crippen LogP contribution < -0.4 is 21.3 Å². The van der Waals surface area contributed by atoms with E-state index in [1.54, 1.807) is 68.5 Å². The maximum absolute atomic E-state index is 12.9. The van der Waals surface area contributed by atoms with E-state index in [9.17, 15) is 19.2 Å². The molecule has 0 spiro atoms. The standard InChI is InChI=1S/C26H41N7O5/c1-26(2,3)38-25(37)28-11-8-10-22(34)29-18-14-21(33(7)16-18)24(36)30-19-15-20(32(6)17-19)23(35)27-12-9-13-31(4)5/h14-17H,8-13H2,1-7H3,(H,27,35)(H,28,37)(H,29,34)(H,30,36). The third kappa shape index (κ3) is 10.3. The van der Waals surface area contributed by atoms with Gasteiger partial charge in [0.25, 0.3) is 11.8 Å². The second-order valence-corrected chi connectivity index (χ2v) is 10.4. The second-order valence-electron chi connectivity index (χ2n) is 10.4. The van der Waals surface area contributed by atoms with Gasteiger partial charge in [-0.25, -0.2) is 4.79 Å². The predicted molar refractivity (Wildman–Crippen MR) is 146 cm³/mol. The van der Waals surface area contributed by atoms with Crippen LogP contribution >= 0.6 is 0 Å². The van der Waals surface area contributed by atoms with E-state index in [1.165, 1.54) is 0 Å². The van der Waals surface area contributed by atoms with Gasteiger partial charge in [-0.15, -0.1) is 0 Å². The quantitative estimate of drug-likeness (QED) is 0.311. The number of nitrogens with one attached hydrogen (secondary N) is 4. The number of nitrogens with zero attached hydrogens (tertiary/aromatic N) is 3. The van der Waals surface area contributed by atoms with Crippen LogP contribution in [-0.2, 0) is 23.6 Å². The number of amides is 4. The zero-order valence-corrected chi connectivity index (χ0v) is 23.4. The zero-order chi connectivity index (χ0) is 28.5. The van der Waals surface area contributed by atoms with E-state index >= 15 is 0 Å². The Balaban J connectivity index is 1.85. The van der Waals surface area contributed by atoms with Crippen molar-refractivity contribution < 1.29 is 23.9 Å². The summed E-state index contributed by atoms with van der Waals surface area (Å²) in [7, 11) is 7.40. The molecule has 0 radical (unpaired) electrons. The van der Waals surface area contributed by atoms with Crippen LogP contribution in [-0.4, -0.2) is 77.2 Å². The molecule has 2 heterocycles. The number of aryl methyl sites for hydroxylation is 2. The third-order valence-electron chi connectivity index (χ3n) is 5.33. The van der Waals surface area contributed by atoms with E-state index in [4.69, 9.17) is 4.74 Å². The highest BCUT2D eigenvalue weighted by Crippen LogP contribution is 2.18. The lowest BCUT2D eigenvalue weighted by molar-refractivity contribution is -0.116. The van der Waals surface area contributed by atoms with Crippen LogP contribution in [0.1, 0.15) is 61.0 Å². The molecule has 0 saturated heterocycles. The highest BCUT2D eigenvalue weighted by Gasteiger charge is 2.18. The third-order valence-corrected chi connectivity index (χ3v) is 5.33. The van der Waals surface area contributed by atoms with E-state index in [0.29, 0.717) is 42.3 Å². The molecule has 0 unspecified atom stereocenters. The fourth-order valence-corrected chi connectivity index (χ4v) is 3.58. The molecule has 4 amide bonds. The highest BCUT2D eigenvalue weighted by molar-refractivity contribution is 6.05. The zero-order valence-electron chi connectivity index (χ0n) is 23.4. The molecule has 0 aliphatic carbocycles. The number of hydrogen-bond donors (Lipinski definition) is 4. The lowest BCUT2D eigenvalue weighted by Crippen LogP contribution is -2.33. The van der Waals surface area contributed by atoms with Crippen LogP contribution in [0.15, 0.2) is 24.5 Å². The summed E-state index contributed by atoms with van der Waals surface area (Å²) in [4.78, 5) is 51.4. The first kappa shape index (κ1) is 30.4. The van der Waals surface area contributed by atoms with Crippen molar-refractivity contribution in [3.8, 4) is 0 Å². The van der Waals surface area contributed by atoms with Crippen molar-refractivity contribution in [1.29, 1.82) is 0 Å². The number of rotatable bonds is 12. The first-order valence-corrected chi connectivity index (χ1v) is 12.6. The smallest absolute Gasteiger partial charge is 0.407 e. The average molecular weight is 532 g/mol. The second kappa shape index (κ2) is 13.7. The Labute approximate surface area is 224 Å². The Morgan fingerprint density at radius 3 is 1.97 bits per heavy atom. The van der Waals surface area contributed by atoms with Crippen LogP contribution in [0.3, 0.4) is 0 Å². The molecule has 12 heteroatoms. The summed E-state index contributed by atoms with van der Waals surface area (Å²) in [5.74, 6) is -0.826. The topological polar surface area (TPSA) is 139 Å². The maximum atomic E-state index is 12.9. The van der Waals surface area contributed by atoms with Gasteiger partial charge in [-0.1, -0.05) is 0 Å². The van der Waals surface area contributed by atoms with Crippen LogP contribution in [0, 0.1) is 0 Å². The number of carbonyl (C=O) groups is 4. The van der Waals surface area contributed by atoms with E-state index in [2.05, 4.69) is 26.2 Å². The molecule has 0 atom stereocenters. The summed E-state index contributed by atoms with van der Waals surface area (Å²) in [6.07, 6.45) is 4.25. The van der Waals surface area contributed by atoms with E-state index in [1.807, 2.05) is 14.1 Å².